The zero-order valence-electron chi connectivity index (χ0n) is 17.8. The van der Waals surface area contributed by atoms with Crippen molar-refractivity contribution in [3.8, 4) is 11.3 Å². The summed E-state index contributed by atoms with van der Waals surface area (Å²) in [6.45, 7) is 3.84. The number of nitrogens with zero attached hydrogens (tertiary/aromatic N) is 4. The Morgan fingerprint density at radius 3 is 2.72 bits per heavy atom. The van der Waals surface area contributed by atoms with E-state index in [9.17, 15) is 9.59 Å². The molecule has 0 N–H and O–H groups in total. The zero-order chi connectivity index (χ0) is 22.2. The molecule has 7 heteroatoms. The molecule has 2 aliphatic rings. The van der Waals surface area contributed by atoms with Gasteiger partial charge in [0.25, 0.3) is 5.91 Å². The van der Waals surface area contributed by atoms with Gasteiger partial charge in [-0.25, -0.2) is 9.97 Å². The number of aryl methyl sites for hydroxylation is 1. The highest BCUT2D eigenvalue weighted by molar-refractivity contribution is 6.28. The van der Waals surface area contributed by atoms with Gasteiger partial charge in [-0.15, -0.1) is 0 Å². The van der Waals surface area contributed by atoms with Crippen molar-refractivity contribution in [2.75, 3.05) is 13.1 Å². The Morgan fingerprint density at radius 1 is 1.09 bits per heavy atom. The first-order valence-corrected chi connectivity index (χ1v) is 11.2. The second kappa shape index (κ2) is 8.36. The van der Waals surface area contributed by atoms with Gasteiger partial charge in [0.2, 0.25) is 11.2 Å². The van der Waals surface area contributed by atoms with Gasteiger partial charge in [0.05, 0.1) is 5.69 Å². The van der Waals surface area contributed by atoms with Crippen LogP contribution >= 0.6 is 11.6 Å². The Hall–Kier alpha value is -3.25. The maximum absolute atomic E-state index is 13.1. The summed E-state index contributed by atoms with van der Waals surface area (Å²) in [6, 6.07) is 14.0. The van der Waals surface area contributed by atoms with Gasteiger partial charge in [-0.1, -0.05) is 43.3 Å². The average molecular weight is 447 g/mol. The van der Waals surface area contributed by atoms with Crippen LogP contribution in [0, 0.1) is 0 Å². The molecule has 0 aliphatic carbocycles. The zero-order valence-corrected chi connectivity index (χ0v) is 18.6. The first-order chi connectivity index (χ1) is 15.5. The van der Waals surface area contributed by atoms with Crippen molar-refractivity contribution < 1.29 is 9.59 Å². The van der Waals surface area contributed by atoms with Gasteiger partial charge in [-0.05, 0) is 52.8 Å². The number of hydrogen-bond acceptors (Lipinski definition) is 4. The summed E-state index contributed by atoms with van der Waals surface area (Å²) in [5.41, 5.74) is 6.57. The van der Waals surface area contributed by atoms with Crippen LogP contribution in [0.4, 0.5) is 0 Å². The number of benzene rings is 2. The van der Waals surface area contributed by atoms with Crippen molar-refractivity contribution in [3.63, 3.8) is 0 Å². The number of carbonyl (C=O) groups is 2. The van der Waals surface area contributed by atoms with Gasteiger partial charge in [-0.2, -0.15) is 0 Å². The lowest BCUT2D eigenvalue weighted by molar-refractivity contribution is -0.132. The summed E-state index contributed by atoms with van der Waals surface area (Å²) in [5, 5.41) is 0.180. The molecule has 5 rings (SSSR count). The second-order valence-corrected chi connectivity index (χ2v) is 8.57. The van der Waals surface area contributed by atoms with Crippen LogP contribution < -0.4 is 0 Å². The summed E-state index contributed by atoms with van der Waals surface area (Å²) < 4.78 is 0. The third-order valence-electron chi connectivity index (χ3n) is 6.29. The Morgan fingerprint density at radius 2 is 1.91 bits per heavy atom. The van der Waals surface area contributed by atoms with Crippen molar-refractivity contribution in [1.29, 1.82) is 0 Å². The van der Waals surface area contributed by atoms with Crippen LogP contribution in [0.5, 0.6) is 0 Å². The van der Waals surface area contributed by atoms with E-state index < -0.39 is 0 Å². The summed E-state index contributed by atoms with van der Waals surface area (Å²) in [6.07, 6.45) is 3.33. The third kappa shape index (κ3) is 3.75. The number of fused-ring (bicyclic) bond motifs is 2. The minimum Gasteiger partial charge on any atom is -0.336 e. The fraction of sp³-hybridized carbons (Fsp3) is 0.280. The van der Waals surface area contributed by atoms with E-state index in [-0.39, 0.29) is 23.6 Å². The van der Waals surface area contributed by atoms with E-state index >= 15 is 0 Å². The van der Waals surface area contributed by atoms with Gasteiger partial charge >= 0.3 is 0 Å². The largest absolute Gasteiger partial charge is 0.336 e. The van der Waals surface area contributed by atoms with Crippen LogP contribution in [-0.4, -0.2) is 44.7 Å². The van der Waals surface area contributed by atoms with Crippen LogP contribution in [-0.2, 0) is 30.7 Å². The average Bonchev–Trinajstić information content (AvgIpc) is 3.13. The predicted octanol–water partition coefficient (Wildman–Crippen LogP) is 3.90. The fourth-order valence-corrected chi connectivity index (χ4v) is 4.64. The van der Waals surface area contributed by atoms with E-state index in [1.807, 2.05) is 42.2 Å². The molecule has 0 saturated carbocycles. The van der Waals surface area contributed by atoms with Crippen molar-refractivity contribution >= 4 is 23.4 Å². The molecule has 32 heavy (non-hydrogen) atoms. The first-order valence-electron chi connectivity index (χ1n) is 10.8. The van der Waals surface area contributed by atoms with Gasteiger partial charge in [-0.3, -0.25) is 9.59 Å². The molecule has 3 aromatic rings. The van der Waals surface area contributed by atoms with E-state index in [0.717, 1.165) is 35.2 Å². The molecule has 2 aliphatic heterocycles. The number of aromatic nitrogens is 2. The van der Waals surface area contributed by atoms with Gasteiger partial charge in [0.15, 0.2) is 0 Å². The summed E-state index contributed by atoms with van der Waals surface area (Å²) in [7, 11) is 0. The molecule has 0 fully saturated rings. The molecule has 2 amide bonds. The molecular formula is C25H23ClN4O2. The topological polar surface area (TPSA) is 66.4 Å². The molecule has 0 radical (unpaired) electrons. The van der Waals surface area contributed by atoms with Crippen molar-refractivity contribution in [2.45, 2.75) is 32.9 Å². The number of hydrogen-bond donors (Lipinski definition) is 0. The molecule has 3 heterocycles. The van der Waals surface area contributed by atoms with Crippen LogP contribution in [0.15, 0.2) is 48.7 Å². The number of amides is 2. The summed E-state index contributed by atoms with van der Waals surface area (Å²) in [5.74, 6) is -0.137. The molecule has 0 unspecified atom stereocenters. The van der Waals surface area contributed by atoms with Crippen molar-refractivity contribution in [3.05, 3.63) is 81.8 Å². The van der Waals surface area contributed by atoms with E-state index in [0.29, 0.717) is 25.2 Å². The standard InChI is InChI=1S/C25H23ClN4O2/c1-2-16-12-27-25(26)28-23(16)18-7-8-20-14-30(24(32)21(20)11-18)15-22(31)29-10-9-17-5-3-4-6-19(17)13-29/h3-8,11-12H,2,9-10,13-15H2,1H3. The van der Waals surface area contributed by atoms with Gasteiger partial charge < -0.3 is 9.80 Å². The lowest BCUT2D eigenvalue weighted by Crippen LogP contribution is -2.42. The maximum atomic E-state index is 13.1. The molecule has 0 bridgehead atoms. The number of halogens is 1. The first kappa shape index (κ1) is 20.6. The Bertz CT molecular complexity index is 1230. The van der Waals surface area contributed by atoms with Crippen LogP contribution in [0.2, 0.25) is 5.28 Å². The minimum atomic E-state index is -0.120. The third-order valence-corrected chi connectivity index (χ3v) is 6.47. The minimum absolute atomic E-state index is 0.0169. The molecular weight excluding hydrogens is 424 g/mol. The predicted molar refractivity (Wildman–Crippen MR) is 122 cm³/mol. The highest BCUT2D eigenvalue weighted by Gasteiger charge is 2.31. The fourth-order valence-electron chi connectivity index (χ4n) is 4.50. The second-order valence-electron chi connectivity index (χ2n) is 8.23. The quantitative estimate of drug-likeness (QED) is 0.570. The monoisotopic (exact) mass is 446 g/mol. The lowest BCUT2D eigenvalue weighted by atomic mass is 10.00. The molecule has 0 saturated heterocycles. The maximum Gasteiger partial charge on any atom is 0.254 e. The van der Waals surface area contributed by atoms with Crippen molar-refractivity contribution in [2.24, 2.45) is 0 Å². The molecule has 6 nitrogen and oxygen atoms in total. The molecule has 1 aromatic heterocycles. The molecule has 0 atom stereocenters. The lowest BCUT2D eigenvalue weighted by Gasteiger charge is -2.30. The Kier molecular flexibility index (Phi) is 5.39. The molecule has 0 spiro atoms. The Labute approximate surface area is 191 Å². The highest BCUT2D eigenvalue weighted by atomic mass is 35.5. The van der Waals surface area contributed by atoms with Crippen LogP contribution in [0.3, 0.4) is 0 Å². The normalized spacial score (nSPS) is 15.0. The number of rotatable bonds is 4. The van der Waals surface area contributed by atoms with Crippen LogP contribution in [0.1, 0.15) is 39.5 Å². The number of carbonyl (C=O) groups excluding carboxylic acids is 2. The molecule has 162 valence electrons. The van der Waals surface area contributed by atoms with E-state index in [2.05, 4.69) is 22.1 Å². The van der Waals surface area contributed by atoms with E-state index in [1.165, 1.54) is 11.1 Å². The van der Waals surface area contributed by atoms with E-state index in [1.54, 1.807) is 11.1 Å². The van der Waals surface area contributed by atoms with Crippen molar-refractivity contribution in [1.82, 2.24) is 19.8 Å². The molecule has 2 aromatic carbocycles. The SMILES string of the molecule is CCc1cnc(Cl)nc1-c1ccc2c(c1)C(=O)N(CC(=O)N1CCc3ccccc3C1)C2. The van der Waals surface area contributed by atoms with Crippen LogP contribution in [0.25, 0.3) is 11.3 Å². The van der Waals surface area contributed by atoms with Gasteiger partial charge in [0, 0.05) is 37.0 Å². The smallest absolute Gasteiger partial charge is 0.254 e. The Balaban J connectivity index is 1.33. The summed E-state index contributed by atoms with van der Waals surface area (Å²) in [4.78, 5) is 38.0. The van der Waals surface area contributed by atoms with E-state index in [4.69, 9.17) is 11.6 Å². The summed E-state index contributed by atoms with van der Waals surface area (Å²) >= 11 is 6.02. The van der Waals surface area contributed by atoms with Gasteiger partial charge in [0.1, 0.15) is 6.54 Å². The highest BCUT2D eigenvalue weighted by Crippen LogP contribution is 2.30.